The quantitative estimate of drug-likeness (QED) is 0.882. The molecule has 84 valence electrons. The Morgan fingerprint density at radius 2 is 2.19 bits per heavy atom. The molecule has 16 heavy (non-hydrogen) atoms. The zero-order valence-electron chi connectivity index (χ0n) is 9.36. The maximum atomic E-state index is 10.8. The molecule has 0 spiro atoms. The lowest BCUT2D eigenvalue weighted by molar-refractivity contribution is -0.141. The summed E-state index contributed by atoms with van der Waals surface area (Å²) in [6.45, 7) is 3.83. The smallest absolute Gasteiger partial charge is 0.306 e. The van der Waals surface area contributed by atoms with E-state index in [4.69, 9.17) is 5.11 Å². The number of carbonyl (C=O) groups is 1. The van der Waals surface area contributed by atoms with Gasteiger partial charge in [0.2, 0.25) is 0 Å². The fourth-order valence-corrected chi connectivity index (χ4v) is 2.70. The van der Waals surface area contributed by atoms with Crippen LogP contribution in [0.15, 0.2) is 24.3 Å². The number of hydrogen-bond donors (Lipinski definition) is 1. The number of rotatable bonds is 3. The molecule has 1 unspecified atom stereocenters. The van der Waals surface area contributed by atoms with E-state index < -0.39 is 5.97 Å². The maximum Gasteiger partial charge on any atom is 0.306 e. The summed E-state index contributed by atoms with van der Waals surface area (Å²) >= 11 is 1.77. The first-order valence-corrected chi connectivity index (χ1v) is 6.10. The van der Waals surface area contributed by atoms with E-state index in [0.717, 1.165) is 5.56 Å². The number of fused-ring (bicyclic) bond motifs is 1. The third kappa shape index (κ3) is 2.25. The minimum atomic E-state index is -0.735. The van der Waals surface area contributed by atoms with Crippen LogP contribution >= 0.6 is 11.3 Å². The molecule has 0 fully saturated rings. The van der Waals surface area contributed by atoms with Crippen molar-refractivity contribution in [1.29, 1.82) is 0 Å². The van der Waals surface area contributed by atoms with Crippen LogP contribution in [-0.2, 0) is 11.2 Å². The van der Waals surface area contributed by atoms with Gasteiger partial charge in [0.25, 0.3) is 0 Å². The van der Waals surface area contributed by atoms with Gasteiger partial charge in [-0.15, -0.1) is 11.3 Å². The van der Waals surface area contributed by atoms with E-state index in [-0.39, 0.29) is 5.92 Å². The van der Waals surface area contributed by atoms with Crippen LogP contribution < -0.4 is 0 Å². The van der Waals surface area contributed by atoms with Gasteiger partial charge < -0.3 is 5.11 Å². The molecule has 0 saturated carbocycles. The number of hydrogen-bond acceptors (Lipinski definition) is 2. The Morgan fingerprint density at radius 1 is 1.44 bits per heavy atom. The molecule has 0 aliphatic heterocycles. The van der Waals surface area contributed by atoms with Gasteiger partial charge in [-0.2, -0.15) is 0 Å². The average molecular weight is 234 g/mol. The lowest BCUT2D eigenvalue weighted by atomic mass is 10.0. The maximum absolute atomic E-state index is 10.8. The van der Waals surface area contributed by atoms with Crippen molar-refractivity contribution in [2.45, 2.75) is 20.3 Å². The highest BCUT2D eigenvalue weighted by Gasteiger charge is 2.11. The highest BCUT2D eigenvalue weighted by molar-refractivity contribution is 7.19. The number of aryl methyl sites for hydroxylation is 1. The molecule has 1 N–H and O–H groups in total. The van der Waals surface area contributed by atoms with Crippen LogP contribution in [0.3, 0.4) is 0 Å². The normalized spacial score (nSPS) is 12.9. The second kappa shape index (κ2) is 4.26. The van der Waals surface area contributed by atoms with Gasteiger partial charge >= 0.3 is 5.97 Å². The molecule has 2 nitrogen and oxygen atoms in total. The molecular formula is C13H14O2S. The lowest BCUT2D eigenvalue weighted by Crippen LogP contribution is -2.12. The van der Waals surface area contributed by atoms with E-state index in [1.807, 2.05) is 6.07 Å². The topological polar surface area (TPSA) is 37.3 Å². The Hall–Kier alpha value is -1.35. The highest BCUT2D eigenvalue weighted by atomic mass is 32.1. The Labute approximate surface area is 98.5 Å². The first kappa shape index (κ1) is 11.1. The van der Waals surface area contributed by atoms with Crippen LogP contribution in [0.1, 0.15) is 17.4 Å². The Balaban J connectivity index is 2.28. The van der Waals surface area contributed by atoms with Gasteiger partial charge in [-0.25, -0.2) is 0 Å². The van der Waals surface area contributed by atoms with Gasteiger partial charge in [-0.3, -0.25) is 4.79 Å². The SMILES string of the molecule is Cc1cc2cc(CC(C)C(=O)O)ccc2s1. The van der Waals surface area contributed by atoms with Crippen molar-refractivity contribution >= 4 is 27.4 Å². The van der Waals surface area contributed by atoms with Crippen molar-refractivity contribution in [3.8, 4) is 0 Å². The van der Waals surface area contributed by atoms with Gasteiger partial charge in [-0.05, 0) is 36.4 Å². The molecule has 0 amide bonds. The molecule has 0 aliphatic rings. The second-order valence-corrected chi connectivity index (χ2v) is 5.46. The zero-order valence-corrected chi connectivity index (χ0v) is 10.2. The summed E-state index contributed by atoms with van der Waals surface area (Å²) in [4.78, 5) is 12.1. The molecule has 1 aromatic carbocycles. The van der Waals surface area contributed by atoms with E-state index in [2.05, 4.69) is 25.1 Å². The predicted molar refractivity (Wildman–Crippen MR) is 67.1 cm³/mol. The summed E-state index contributed by atoms with van der Waals surface area (Å²) in [6.07, 6.45) is 0.597. The van der Waals surface area contributed by atoms with Gasteiger partial charge in [0, 0.05) is 9.58 Å². The van der Waals surface area contributed by atoms with Crippen LogP contribution in [0.25, 0.3) is 10.1 Å². The number of carboxylic acid groups (broad SMARTS) is 1. The fourth-order valence-electron chi connectivity index (χ4n) is 1.79. The van der Waals surface area contributed by atoms with Gasteiger partial charge in [0.1, 0.15) is 0 Å². The third-order valence-corrected chi connectivity index (χ3v) is 3.70. The summed E-state index contributed by atoms with van der Waals surface area (Å²) < 4.78 is 1.27. The van der Waals surface area contributed by atoms with Crippen molar-refractivity contribution in [3.63, 3.8) is 0 Å². The first-order valence-electron chi connectivity index (χ1n) is 5.28. The Kier molecular flexibility index (Phi) is 2.97. The molecule has 2 rings (SSSR count). The molecule has 1 aromatic heterocycles. The molecule has 2 aromatic rings. The summed E-state index contributed by atoms with van der Waals surface area (Å²) in [5, 5.41) is 10.1. The lowest BCUT2D eigenvalue weighted by Gasteiger charge is -2.05. The first-order chi connectivity index (χ1) is 7.56. The molecule has 0 bridgehead atoms. The van der Waals surface area contributed by atoms with Crippen LogP contribution in [0.2, 0.25) is 0 Å². The van der Waals surface area contributed by atoms with Crippen molar-refractivity contribution in [3.05, 3.63) is 34.7 Å². The minimum Gasteiger partial charge on any atom is -0.481 e. The van der Waals surface area contributed by atoms with Gasteiger partial charge in [0.05, 0.1) is 5.92 Å². The van der Waals surface area contributed by atoms with E-state index >= 15 is 0 Å². The van der Waals surface area contributed by atoms with E-state index in [1.165, 1.54) is 15.0 Å². The van der Waals surface area contributed by atoms with E-state index in [1.54, 1.807) is 18.3 Å². The number of thiophene rings is 1. The Bertz CT molecular complexity index is 528. The van der Waals surface area contributed by atoms with Crippen molar-refractivity contribution < 1.29 is 9.90 Å². The van der Waals surface area contributed by atoms with Crippen molar-refractivity contribution in [2.24, 2.45) is 5.92 Å². The molecule has 3 heteroatoms. The summed E-state index contributed by atoms with van der Waals surface area (Å²) in [7, 11) is 0. The molecule has 0 radical (unpaired) electrons. The molecule has 0 aliphatic carbocycles. The van der Waals surface area contributed by atoms with Crippen LogP contribution in [0.5, 0.6) is 0 Å². The number of aliphatic carboxylic acids is 1. The van der Waals surface area contributed by atoms with E-state index in [0.29, 0.717) is 6.42 Å². The van der Waals surface area contributed by atoms with Gasteiger partial charge in [-0.1, -0.05) is 19.1 Å². The predicted octanol–water partition coefficient (Wildman–Crippen LogP) is 3.47. The second-order valence-electron chi connectivity index (χ2n) is 4.17. The zero-order chi connectivity index (χ0) is 11.7. The van der Waals surface area contributed by atoms with E-state index in [9.17, 15) is 4.79 Å². The van der Waals surface area contributed by atoms with Crippen molar-refractivity contribution in [2.75, 3.05) is 0 Å². The summed E-state index contributed by atoms with van der Waals surface area (Å²) in [5.41, 5.74) is 1.10. The van der Waals surface area contributed by atoms with Crippen molar-refractivity contribution in [1.82, 2.24) is 0 Å². The number of benzene rings is 1. The molecular weight excluding hydrogens is 220 g/mol. The van der Waals surface area contributed by atoms with Crippen LogP contribution in [-0.4, -0.2) is 11.1 Å². The Morgan fingerprint density at radius 3 is 2.88 bits per heavy atom. The monoisotopic (exact) mass is 234 g/mol. The fraction of sp³-hybridized carbons (Fsp3) is 0.308. The van der Waals surface area contributed by atoms with Gasteiger partial charge in [0.15, 0.2) is 0 Å². The summed E-state index contributed by atoms with van der Waals surface area (Å²) in [5.74, 6) is -1.06. The molecule has 1 heterocycles. The number of carboxylic acids is 1. The third-order valence-electron chi connectivity index (χ3n) is 2.67. The molecule has 0 saturated heterocycles. The van der Waals surface area contributed by atoms with Crippen LogP contribution in [0.4, 0.5) is 0 Å². The molecule has 1 atom stereocenters. The summed E-state index contributed by atoms with van der Waals surface area (Å²) in [6, 6.07) is 8.35. The largest absolute Gasteiger partial charge is 0.481 e. The minimum absolute atomic E-state index is 0.322. The highest BCUT2D eigenvalue weighted by Crippen LogP contribution is 2.26. The van der Waals surface area contributed by atoms with Crippen LogP contribution in [0, 0.1) is 12.8 Å². The standard InChI is InChI=1S/C13H14O2S/c1-8(13(14)15)5-10-3-4-12-11(7-10)6-9(2)16-12/h3-4,6-8H,5H2,1-2H3,(H,14,15). The average Bonchev–Trinajstić information content (AvgIpc) is 2.57.